The molecule has 0 aliphatic rings. The van der Waals surface area contributed by atoms with E-state index in [1.165, 1.54) is 51.4 Å². The molecule has 2 aromatic rings. The topological polar surface area (TPSA) is 35.5 Å². The number of hydrogen-bond acceptors (Lipinski definition) is 3. The van der Waals surface area contributed by atoms with Crippen LogP contribution in [0.25, 0.3) is 11.1 Å². The molecule has 2 aromatic carbocycles. The molecule has 3 nitrogen and oxygen atoms in total. The van der Waals surface area contributed by atoms with Gasteiger partial charge in [-0.2, -0.15) is 0 Å². The fraction of sp³-hybridized carbons (Fsp3) is 0.500. The van der Waals surface area contributed by atoms with Crippen molar-refractivity contribution < 1.29 is 14.3 Å². The molecule has 29 heavy (non-hydrogen) atoms. The highest BCUT2D eigenvalue weighted by Crippen LogP contribution is 2.23. The SMILES string of the molecule is CCCCCCCCCCCOc1ccc(-c2ccc(C(=O)OCC)cc2)cc1. The highest BCUT2D eigenvalue weighted by atomic mass is 16.5. The highest BCUT2D eigenvalue weighted by Gasteiger charge is 2.06. The second-order valence-electron chi connectivity index (χ2n) is 7.50. The minimum atomic E-state index is -0.278. The van der Waals surface area contributed by atoms with E-state index in [1.54, 1.807) is 0 Å². The Balaban J connectivity index is 1.66. The summed E-state index contributed by atoms with van der Waals surface area (Å²) >= 11 is 0. The molecule has 0 aliphatic carbocycles. The van der Waals surface area contributed by atoms with Crippen LogP contribution in [0.1, 0.15) is 82.0 Å². The van der Waals surface area contributed by atoms with Crippen molar-refractivity contribution in [1.82, 2.24) is 0 Å². The summed E-state index contributed by atoms with van der Waals surface area (Å²) in [6.07, 6.45) is 11.9. The van der Waals surface area contributed by atoms with Crippen LogP contribution in [-0.4, -0.2) is 19.2 Å². The van der Waals surface area contributed by atoms with Crippen LogP contribution in [-0.2, 0) is 4.74 Å². The first-order valence-corrected chi connectivity index (χ1v) is 11.2. The van der Waals surface area contributed by atoms with Gasteiger partial charge in [-0.25, -0.2) is 4.79 Å². The summed E-state index contributed by atoms with van der Waals surface area (Å²) in [6.45, 7) is 5.24. The van der Waals surface area contributed by atoms with E-state index >= 15 is 0 Å². The molecule has 0 fully saturated rings. The van der Waals surface area contributed by atoms with Crippen molar-refractivity contribution in [2.24, 2.45) is 0 Å². The number of carbonyl (C=O) groups is 1. The van der Waals surface area contributed by atoms with Crippen molar-refractivity contribution in [3.63, 3.8) is 0 Å². The van der Waals surface area contributed by atoms with E-state index in [-0.39, 0.29) is 5.97 Å². The van der Waals surface area contributed by atoms with Crippen LogP contribution in [0.3, 0.4) is 0 Å². The predicted molar refractivity (Wildman–Crippen MR) is 121 cm³/mol. The molecule has 0 N–H and O–H groups in total. The Morgan fingerprint density at radius 2 is 1.21 bits per heavy atom. The maximum Gasteiger partial charge on any atom is 0.338 e. The summed E-state index contributed by atoms with van der Waals surface area (Å²) in [7, 11) is 0. The van der Waals surface area contributed by atoms with Crippen molar-refractivity contribution in [1.29, 1.82) is 0 Å². The largest absolute Gasteiger partial charge is 0.494 e. The summed E-state index contributed by atoms with van der Waals surface area (Å²) in [5, 5.41) is 0. The van der Waals surface area contributed by atoms with Crippen molar-refractivity contribution in [3.8, 4) is 16.9 Å². The van der Waals surface area contributed by atoms with E-state index in [0.717, 1.165) is 29.9 Å². The van der Waals surface area contributed by atoms with E-state index in [0.29, 0.717) is 12.2 Å². The molecule has 0 unspecified atom stereocenters. The molecule has 0 amide bonds. The lowest BCUT2D eigenvalue weighted by molar-refractivity contribution is 0.0526. The molecule has 0 spiro atoms. The van der Waals surface area contributed by atoms with E-state index in [2.05, 4.69) is 19.1 Å². The third kappa shape index (κ3) is 8.72. The van der Waals surface area contributed by atoms with Gasteiger partial charge in [-0.3, -0.25) is 0 Å². The van der Waals surface area contributed by atoms with Crippen molar-refractivity contribution in [3.05, 3.63) is 54.1 Å². The third-order valence-corrected chi connectivity index (χ3v) is 5.10. The standard InChI is InChI=1S/C26H36O3/c1-3-5-6-7-8-9-10-11-12-21-29-25-19-17-23(18-20-25)22-13-15-24(16-14-22)26(27)28-4-2/h13-20H,3-12,21H2,1-2H3. The molecule has 0 atom stereocenters. The van der Waals surface area contributed by atoms with Gasteiger partial charge in [0.1, 0.15) is 5.75 Å². The Bertz CT molecular complexity index is 689. The molecule has 2 rings (SSSR count). The first-order chi connectivity index (χ1) is 14.2. The van der Waals surface area contributed by atoms with Gasteiger partial charge in [0, 0.05) is 0 Å². The van der Waals surface area contributed by atoms with Crippen molar-refractivity contribution >= 4 is 5.97 Å². The number of rotatable bonds is 14. The molecule has 0 radical (unpaired) electrons. The van der Waals surface area contributed by atoms with Crippen LogP contribution in [0, 0.1) is 0 Å². The van der Waals surface area contributed by atoms with Crippen LogP contribution in [0.15, 0.2) is 48.5 Å². The average Bonchev–Trinajstić information content (AvgIpc) is 2.76. The van der Waals surface area contributed by atoms with Crippen LogP contribution < -0.4 is 4.74 Å². The molecule has 0 saturated heterocycles. The quantitative estimate of drug-likeness (QED) is 0.246. The van der Waals surface area contributed by atoms with E-state index < -0.39 is 0 Å². The predicted octanol–water partition coefficient (Wildman–Crippen LogP) is 7.44. The third-order valence-electron chi connectivity index (χ3n) is 5.10. The molecule has 0 saturated carbocycles. The van der Waals surface area contributed by atoms with Gasteiger partial charge >= 0.3 is 5.97 Å². The summed E-state index contributed by atoms with van der Waals surface area (Å²) in [4.78, 5) is 11.7. The first-order valence-electron chi connectivity index (χ1n) is 11.2. The van der Waals surface area contributed by atoms with Gasteiger partial charge in [-0.15, -0.1) is 0 Å². The zero-order valence-electron chi connectivity index (χ0n) is 18.1. The van der Waals surface area contributed by atoms with Crippen LogP contribution in [0.4, 0.5) is 0 Å². The number of carbonyl (C=O) groups excluding carboxylic acids is 1. The van der Waals surface area contributed by atoms with Crippen LogP contribution in [0.2, 0.25) is 0 Å². The second-order valence-corrected chi connectivity index (χ2v) is 7.50. The molecule has 0 aliphatic heterocycles. The normalized spacial score (nSPS) is 10.7. The Kier molecular flexibility index (Phi) is 11.0. The molecule has 0 bridgehead atoms. The van der Waals surface area contributed by atoms with E-state index in [4.69, 9.17) is 9.47 Å². The Labute approximate surface area is 176 Å². The maximum absolute atomic E-state index is 11.7. The first kappa shape index (κ1) is 23.0. The molecular weight excluding hydrogens is 360 g/mol. The highest BCUT2D eigenvalue weighted by molar-refractivity contribution is 5.90. The Morgan fingerprint density at radius 1 is 0.690 bits per heavy atom. The summed E-state index contributed by atoms with van der Waals surface area (Å²) < 4.78 is 10.9. The van der Waals surface area contributed by atoms with Gasteiger partial charge < -0.3 is 9.47 Å². The van der Waals surface area contributed by atoms with E-state index in [9.17, 15) is 4.79 Å². The number of hydrogen-bond donors (Lipinski definition) is 0. The number of benzene rings is 2. The van der Waals surface area contributed by atoms with Gasteiger partial charge in [0.05, 0.1) is 18.8 Å². The Morgan fingerprint density at radius 3 is 1.76 bits per heavy atom. The van der Waals surface area contributed by atoms with Gasteiger partial charge in [0.25, 0.3) is 0 Å². The minimum absolute atomic E-state index is 0.278. The maximum atomic E-state index is 11.7. The zero-order valence-corrected chi connectivity index (χ0v) is 18.1. The van der Waals surface area contributed by atoms with Gasteiger partial charge in [0.2, 0.25) is 0 Å². The fourth-order valence-corrected chi connectivity index (χ4v) is 3.36. The lowest BCUT2D eigenvalue weighted by Gasteiger charge is -2.08. The molecular formula is C26H36O3. The second kappa shape index (κ2) is 13.8. The van der Waals surface area contributed by atoms with Crippen LogP contribution in [0.5, 0.6) is 5.75 Å². The minimum Gasteiger partial charge on any atom is -0.494 e. The lowest BCUT2D eigenvalue weighted by atomic mass is 10.0. The summed E-state index contributed by atoms with van der Waals surface area (Å²) in [5.41, 5.74) is 2.76. The van der Waals surface area contributed by atoms with Gasteiger partial charge in [-0.1, -0.05) is 82.6 Å². The fourth-order valence-electron chi connectivity index (χ4n) is 3.36. The van der Waals surface area contributed by atoms with Gasteiger partial charge in [0.15, 0.2) is 0 Å². The number of ether oxygens (including phenoxy) is 2. The number of esters is 1. The van der Waals surface area contributed by atoms with E-state index in [1.807, 2.05) is 43.3 Å². The number of unbranched alkanes of at least 4 members (excludes halogenated alkanes) is 8. The lowest BCUT2D eigenvalue weighted by Crippen LogP contribution is -2.03. The smallest absolute Gasteiger partial charge is 0.338 e. The molecule has 3 heteroatoms. The summed E-state index contributed by atoms with van der Waals surface area (Å²) in [5.74, 6) is 0.635. The van der Waals surface area contributed by atoms with Crippen LogP contribution >= 0.6 is 0 Å². The van der Waals surface area contributed by atoms with Gasteiger partial charge in [-0.05, 0) is 48.7 Å². The monoisotopic (exact) mass is 396 g/mol. The molecule has 0 aromatic heterocycles. The summed E-state index contributed by atoms with van der Waals surface area (Å²) in [6, 6.07) is 15.7. The molecule has 0 heterocycles. The van der Waals surface area contributed by atoms with Crippen molar-refractivity contribution in [2.45, 2.75) is 71.6 Å². The average molecular weight is 397 g/mol. The van der Waals surface area contributed by atoms with Crippen molar-refractivity contribution in [2.75, 3.05) is 13.2 Å². The Hall–Kier alpha value is -2.29. The zero-order chi connectivity index (χ0) is 20.7. The molecule has 158 valence electrons.